The molecule has 2 N–H and O–H groups in total. The molecule has 1 saturated heterocycles. The standard InChI is InChI=1S/C20H30N2O3/c1-4-15-8-7-9-16(5-2)19(15)21-18(23)14-22-12-10-17(11-13-22)20(24)25-6-3/h7-9,17H,4-6,10-14H2,1-3H3,(H,21,23)/p+1. The first kappa shape index (κ1) is 19.4. The van der Waals surface area contributed by atoms with Gasteiger partial charge in [0, 0.05) is 18.5 Å². The molecule has 5 nitrogen and oxygen atoms in total. The van der Waals surface area contributed by atoms with Crippen LogP contribution >= 0.6 is 0 Å². The van der Waals surface area contributed by atoms with Gasteiger partial charge in [-0.2, -0.15) is 0 Å². The van der Waals surface area contributed by atoms with Gasteiger partial charge in [-0.25, -0.2) is 0 Å². The van der Waals surface area contributed by atoms with E-state index in [1.165, 1.54) is 16.0 Å². The normalized spacial score (nSPS) is 20.1. The second-order valence-corrected chi connectivity index (χ2v) is 6.66. The quantitative estimate of drug-likeness (QED) is 0.737. The highest BCUT2D eigenvalue weighted by atomic mass is 16.5. The average molecular weight is 347 g/mol. The fourth-order valence-electron chi connectivity index (χ4n) is 3.51. The van der Waals surface area contributed by atoms with Gasteiger partial charge in [0.2, 0.25) is 0 Å². The van der Waals surface area contributed by atoms with E-state index in [9.17, 15) is 9.59 Å². The third-order valence-corrected chi connectivity index (χ3v) is 4.99. The lowest BCUT2D eigenvalue weighted by atomic mass is 9.97. The summed E-state index contributed by atoms with van der Waals surface area (Å²) in [5.74, 6) is -0.0325. The van der Waals surface area contributed by atoms with E-state index in [-0.39, 0.29) is 17.8 Å². The fourth-order valence-corrected chi connectivity index (χ4v) is 3.51. The van der Waals surface area contributed by atoms with Crippen molar-refractivity contribution in [3.63, 3.8) is 0 Å². The SMILES string of the molecule is CCOC(=O)C1CC[NH+](CC(=O)Nc2c(CC)cccc2CC)CC1. The first-order chi connectivity index (χ1) is 12.1. The maximum Gasteiger partial charge on any atom is 0.309 e. The number of rotatable bonds is 7. The van der Waals surface area contributed by atoms with Crippen molar-refractivity contribution in [3.8, 4) is 0 Å². The van der Waals surface area contributed by atoms with E-state index in [1.807, 2.05) is 6.92 Å². The molecule has 0 bridgehead atoms. The zero-order valence-electron chi connectivity index (χ0n) is 15.7. The summed E-state index contributed by atoms with van der Waals surface area (Å²) in [5.41, 5.74) is 3.35. The topological polar surface area (TPSA) is 59.8 Å². The number of carbonyl (C=O) groups excluding carboxylic acids is 2. The Kier molecular flexibility index (Phi) is 7.44. The van der Waals surface area contributed by atoms with Gasteiger partial charge in [0.1, 0.15) is 0 Å². The summed E-state index contributed by atoms with van der Waals surface area (Å²) in [4.78, 5) is 25.6. The third-order valence-electron chi connectivity index (χ3n) is 4.99. The molecular weight excluding hydrogens is 316 g/mol. The van der Waals surface area contributed by atoms with Crippen LogP contribution in [0.15, 0.2) is 18.2 Å². The van der Waals surface area contributed by atoms with Crippen LogP contribution in [0.4, 0.5) is 5.69 Å². The summed E-state index contributed by atoms with van der Waals surface area (Å²) in [6.45, 7) is 8.62. The maximum atomic E-state index is 12.5. The van der Waals surface area contributed by atoms with Crippen molar-refractivity contribution in [2.45, 2.75) is 46.5 Å². The molecule has 1 aliphatic heterocycles. The second-order valence-electron chi connectivity index (χ2n) is 6.66. The van der Waals surface area contributed by atoms with Crippen LogP contribution in [-0.4, -0.2) is 38.1 Å². The van der Waals surface area contributed by atoms with Crippen molar-refractivity contribution in [3.05, 3.63) is 29.3 Å². The van der Waals surface area contributed by atoms with E-state index in [1.54, 1.807) is 0 Å². The van der Waals surface area contributed by atoms with Crippen LogP contribution in [-0.2, 0) is 27.2 Å². The first-order valence-corrected chi connectivity index (χ1v) is 9.49. The van der Waals surface area contributed by atoms with Crippen LogP contribution in [0, 0.1) is 5.92 Å². The number of carbonyl (C=O) groups is 2. The predicted octanol–water partition coefficient (Wildman–Crippen LogP) is 1.61. The van der Waals surface area contributed by atoms with Gasteiger partial charge in [-0.15, -0.1) is 0 Å². The molecule has 0 atom stereocenters. The Labute approximate surface area is 150 Å². The van der Waals surface area contributed by atoms with E-state index >= 15 is 0 Å². The van der Waals surface area contributed by atoms with Crippen LogP contribution in [0.3, 0.4) is 0 Å². The lowest BCUT2D eigenvalue weighted by molar-refractivity contribution is -0.897. The van der Waals surface area contributed by atoms with Crippen LogP contribution in [0.25, 0.3) is 0 Å². The van der Waals surface area contributed by atoms with Crippen molar-refractivity contribution in [1.29, 1.82) is 0 Å². The number of piperidine rings is 1. The molecule has 0 aliphatic carbocycles. The smallest absolute Gasteiger partial charge is 0.309 e. The van der Waals surface area contributed by atoms with Gasteiger partial charge in [-0.1, -0.05) is 32.0 Å². The number of aryl methyl sites for hydroxylation is 2. The zero-order chi connectivity index (χ0) is 18.2. The summed E-state index contributed by atoms with van der Waals surface area (Å²) in [6.07, 6.45) is 3.41. The van der Waals surface area contributed by atoms with Gasteiger partial charge in [-0.3, -0.25) is 9.59 Å². The number of amides is 1. The Morgan fingerprint density at radius 1 is 1.12 bits per heavy atom. The highest BCUT2D eigenvalue weighted by Gasteiger charge is 2.29. The number of anilines is 1. The number of quaternary nitrogens is 1. The van der Waals surface area contributed by atoms with Gasteiger partial charge >= 0.3 is 5.97 Å². The molecule has 138 valence electrons. The highest BCUT2D eigenvalue weighted by Crippen LogP contribution is 2.22. The van der Waals surface area contributed by atoms with E-state index in [0.717, 1.165) is 44.5 Å². The lowest BCUT2D eigenvalue weighted by Crippen LogP contribution is -3.14. The molecule has 0 saturated carbocycles. The first-order valence-electron chi connectivity index (χ1n) is 9.49. The van der Waals surface area contributed by atoms with Crippen molar-refractivity contribution in [2.75, 3.05) is 31.6 Å². The number of esters is 1. The average Bonchev–Trinajstić information content (AvgIpc) is 2.62. The zero-order valence-corrected chi connectivity index (χ0v) is 15.7. The Morgan fingerprint density at radius 2 is 1.72 bits per heavy atom. The molecule has 0 radical (unpaired) electrons. The number of likely N-dealkylation sites (tertiary alicyclic amines) is 1. The minimum Gasteiger partial charge on any atom is -0.466 e. The van der Waals surface area contributed by atoms with Crippen molar-refractivity contribution < 1.29 is 19.2 Å². The molecule has 1 aromatic carbocycles. The molecule has 2 rings (SSSR count). The minimum absolute atomic E-state index is 0.000673. The summed E-state index contributed by atoms with van der Waals surface area (Å²) in [7, 11) is 0. The Bertz CT molecular complexity index is 570. The number of benzene rings is 1. The van der Waals surface area contributed by atoms with E-state index < -0.39 is 0 Å². The number of nitrogens with one attached hydrogen (secondary N) is 2. The van der Waals surface area contributed by atoms with Crippen molar-refractivity contribution in [2.24, 2.45) is 5.92 Å². The summed E-state index contributed by atoms with van der Waals surface area (Å²) in [6, 6.07) is 6.21. The van der Waals surface area contributed by atoms with Crippen LogP contribution in [0.2, 0.25) is 0 Å². The maximum absolute atomic E-state index is 12.5. The van der Waals surface area contributed by atoms with Crippen LogP contribution in [0.5, 0.6) is 0 Å². The number of hydrogen-bond acceptors (Lipinski definition) is 3. The molecule has 25 heavy (non-hydrogen) atoms. The molecule has 1 aromatic rings. The monoisotopic (exact) mass is 347 g/mol. The molecule has 0 spiro atoms. The van der Waals surface area contributed by atoms with Gasteiger partial charge < -0.3 is 15.0 Å². The van der Waals surface area contributed by atoms with Crippen molar-refractivity contribution in [1.82, 2.24) is 0 Å². The van der Waals surface area contributed by atoms with Crippen LogP contribution in [0.1, 0.15) is 44.7 Å². The molecule has 0 aromatic heterocycles. The van der Waals surface area contributed by atoms with Gasteiger partial charge in [0.05, 0.1) is 25.6 Å². The van der Waals surface area contributed by atoms with Gasteiger partial charge in [0.25, 0.3) is 5.91 Å². The van der Waals surface area contributed by atoms with Gasteiger partial charge in [0.15, 0.2) is 6.54 Å². The Morgan fingerprint density at radius 3 is 2.24 bits per heavy atom. The van der Waals surface area contributed by atoms with Crippen LogP contribution < -0.4 is 10.2 Å². The lowest BCUT2D eigenvalue weighted by Gasteiger charge is -2.27. The fraction of sp³-hybridized carbons (Fsp3) is 0.600. The van der Waals surface area contributed by atoms with E-state index in [0.29, 0.717) is 13.2 Å². The molecule has 1 aliphatic rings. The highest BCUT2D eigenvalue weighted by molar-refractivity contribution is 5.93. The summed E-state index contributed by atoms with van der Waals surface area (Å²) in [5, 5.41) is 3.13. The van der Waals surface area contributed by atoms with Gasteiger partial charge in [-0.05, 0) is 30.9 Å². The molecule has 1 amide bonds. The Hall–Kier alpha value is -1.88. The molecule has 5 heteroatoms. The minimum atomic E-state index is -0.0875. The summed E-state index contributed by atoms with van der Waals surface area (Å²) < 4.78 is 5.10. The number of para-hydroxylation sites is 1. The van der Waals surface area contributed by atoms with E-state index in [2.05, 4.69) is 37.4 Å². The molecule has 1 fully saturated rings. The largest absolute Gasteiger partial charge is 0.466 e. The molecule has 0 unspecified atom stereocenters. The third kappa shape index (κ3) is 5.30. The molecule has 1 heterocycles. The Balaban J connectivity index is 1.89. The predicted molar refractivity (Wildman–Crippen MR) is 98.7 cm³/mol. The van der Waals surface area contributed by atoms with Crippen molar-refractivity contribution >= 4 is 17.6 Å². The number of hydrogen-bond donors (Lipinski definition) is 2. The number of ether oxygens (including phenoxy) is 1. The second kappa shape index (κ2) is 9.56. The summed E-state index contributed by atoms with van der Waals surface area (Å²) >= 11 is 0. The van der Waals surface area contributed by atoms with E-state index in [4.69, 9.17) is 4.74 Å². The molecular formula is C20H31N2O3+.